The molecule has 2 rings (SSSR count). The number of carbonyl (C=O) groups is 1. The lowest BCUT2D eigenvalue weighted by molar-refractivity contribution is 0.0600. The van der Waals surface area contributed by atoms with Crippen molar-refractivity contribution >= 4 is 5.97 Å². The smallest absolute Gasteiger partial charge is 0.337 e. The average molecular weight is 274 g/mol. The van der Waals surface area contributed by atoms with Gasteiger partial charge < -0.3 is 9.47 Å². The van der Waals surface area contributed by atoms with Crippen LogP contribution in [0.15, 0.2) is 42.5 Å². The monoisotopic (exact) mass is 274 g/mol. The molecule has 0 aliphatic heterocycles. The van der Waals surface area contributed by atoms with Crippen LogP contribution in [0.3, 0.4) is 0 Å². The molecule has 0 heterocycles. The summed E-state index contributed by atoms with van der Waals surface area (Å²) in [5.74, 6) is -0.00708. The Morgan fingerprint density at radius 1 is 1.15 bits per heavy atom. The fraction of sp³-hybridized carbons (Fsp3) is 0.188. The van der Waals surface area contributed by atoms with Crippen molar-refractivity contribution in [2.75, 3.05) is 7.11 Å². The molecule has 0 spiro atoms. The number of methoxy groups -OCH3 is 1. The van der Waals surface area contributed by atoms with Crippen LogP contribution in [0.4, 0.5) is 4.39 Å². The van der Waals surface area contributed by atoms with E-state index in [1.165, 1.54) is 13.2 Å². The summed E-state index contributed by atoms with van der Waals surface area (Å²) < 4.78 is 23.3. The van der Waals surface area contributed by atoms with Gasteiger partial charge in [0.05, 0.1) is 12.7 Å². The molecule has 0 unspecified atom stereocenters. The zero-order valence-corrected chi connectivity index (χ0v) is 11.4. The first kappa shape index (κ1) is 14.1. The van der Waals surface area contributed by atoms with Gasteiger partial charge in [-0.3, -0.25) is 0 Å². The molecule has 0 saturated heterocycles. The van der Waals surface area contributed by atoms with Crippen molar-refractivity contribution in [1.82, 2.24) is 0 Å². The van der Waals surface area contributed by atoms with Crippen molar-refractivity contribution in [3.8, 4) is 5.75 Å². The van der Waals surface area contributed by atoms with Crippen LogP contribution in [0.2, 0.25) is 0 Å². The zero-order valence-electron chi connectivity index (χ0n) is 11.4. The predicted molar refractivity (Wildman–Crippen MR) is 73.3 cm³/mol. The highest BCUT2D eigenvalue weighted by Gasteiger charge is 2.05. The Hall–Kier alpha value is -2.36. The molecule has 104 valence electrons. The van der Waals surface area contributed by atoms with Crippen LogP contribution in [0.25, 0.3) is 0 Å². The predicted octanol–water partition coefficient (Wildman–Crippen LogP) is 3.50. The quantitative estimate of drug-likeness (QED) is 0.800. The first-order chi connectivity index (χ1) is 9.60. The number of ether oxygens (including phenoxy) is 2. The summed E-state index contributed by atoms with van der Waals surface area (Å²) in [6, 6.07) is 11.6. The Balaban J connectivity index is 2.00. The molecular weight excluding hydrogens is 259 g/mol. The number of rotatable bonds is 4. The lowest BCUT2D eigenvalue weighted by Gasteiger charge is -2.08. The first-order valence-electron chi connectivity index (χ1n) is 6.16. The second-order valence-corrected chi connectivity index (χ2v) is 4.39. The third kappa shape index (κ3) is 3.35. The van der Waals surface area contributed by atoms with Gasteiger partial charge in [-0.25, -0.2) is 9.18 Å². The van der Waals surface area contributed by atoms with E-state index in [0.717, 1.165) is 5.56 Å². The highest BCUT2D eigenvalue weighted by atomic mass is 19.1. The molecule has 0 aliphatic carbocycles. The van der Waals surface area contributed by atoms with E-state index in [2.05, 4.69) is 4.74 Å². The Labute approximate surface area is 117 Å². The Morgan fingerprint density at radius 3 is 2.45 bits per heavy atom. The van der Waals surface area contributed by atoms with Crippen LogP contribution in [-0.2, 0) is 11.3 Å². The summed E-state index contributed by atoms with van der Waals surface area (Å²) in [5.41, 5.74) is 1.96. The maximum atomic E-state index is 13.1. The van der Waals surface area contributed by atoms with Gasteiger partial charge >= 0.3 is 5.97 Å². The van der Waals surface area contributed by atoms with Gasteiger partial charge in [0.25, 0.3) is 0 Å². The van der Waals surface area contributed by atoms with Crippen molar-refractivity contribution in [2.45, 2.75) is 13.5 Å². The van der Waals surface area contributed by atoms with Gasteiger partial charge in [0, 0.05) is 0 Å². The van der Waals surface area contributed by atoms with E-state index >= 15 is 0 Å². The Bertz CT molecular complexity index is 606. The van der Waals surface area contributed by atoms with E-state index in [9.17, 15) is 9.18 Å². The molecule has 3 nitrogen and oxygen atoms in total. The second-order valence-electron chi connectivity index (χ2n) is 4.39. The number of hydrogen-bond donors (Lipinski definition) is 0. The highest BCUT2D eigenvalue weighted by Crippen LogP contribution is 2.17. The van der Waals surface area contributed by atoms with Crippen molar-refractivity contribution < 1.29 is 18.7 Å². The molecule has 0 N–H and O–H groups in total. The van der Waals surface area contributed by atoms with Crippen LogP contribution < -0.4 is 4.74 Å². The normalized spacial score (nSPS) is 10.2. The van der Waals surface area contributed by atoms with Gasteiger partial charge in [-0.1, -0.05) is 12.1 Å². The molecule has 0 aromatic heterocycles. The maximum absolute atomic E-state index is 13.1. The third-order valence-corrected chi connectivity index (χ3v) is 2.91. The largest absolute Gasteiger partial charge is 0.489 e. The molecular formula is C16H15FO3. The molecule has 0 radical (unpaired) electrons. The van der Waals surface area contributed by atoms with Crippen molar-refractivity contribution in [2.24, 2.45) is 0 Å². The number of halogens is 1. The fourth-order valence-corrected chi connectivity index (χ4v) is 1.73. The topological polar surface area (TPSA) is 35.5 Å². The summed E-state index contributed by atoms with van der Waals surface area (Å²) >= 11 is 0. The van der Waals surface area contributed by atoms with Crippen LogP contribution in [0.5, 0.6) is 5.75 Å². The molecule has 0 saturated carbocycles. The molecule has 0 amide bonds. The molecule has 2 aromatic carbocycles. The highest BCUT2D eigenvalue weighted by molar-refractivity contribution is 5.89. The minimum Gasteiger partial charge on any atom is -0.489 e. The van der Waals surface area contributed by atoms with E-state index < -0.39 is 0 Å². The van der Waals surface area contributed by atoms with E-state index in [1.54, 1.807) is 43.3 Å². The summed E-state index contributed by atoms with van der Waals surface area (Å²) in [6.07, 6.45) is 0. The maximum Gasteiger partial charge on any atom is 0.337 e. The molecule has 0 bridgehead atoms. The van der Waals surface area contributed by atoms with E-state index in [0.29, 0.717) is 23.5 Å². The SMILES string of the molecule is COC(=O)c1ccc(COc2ccc(F)c(C)c2)cc1. The van der Waals surface area contributed by atoms with E-state index in [1.807, 2.05) is 0 Å². The number of benzene rings is 2. The molecule has 2 aromatic rings. The molecule has 0 atom stereocenters. The van der Waals surface area contributed by atoms with Gasteiger partial charge in [-0.15, -0.1) is 0 Å². The lowest BCUT2D eigenvalue weighted by Crippen LogP contribution is -2.02. The Kier molecular flexibility index (Phi) is 4.35. The van der Waals surface area contributed by atoms with Crippen LogP contribution in [0, 0.1) is 12.7 Å². The number of hydrogen-bond acceptors (Lipinski definition) is 3. The minimum atomic E-state index is -0.369. The summed E-state index contributed by atoms with van der Waals surface area (Å²) in [4.78, 5) is 11.3. The van der Waals surface area contributed by atoms with Crippen molar-refractivity contribution in [3.63, 3.8) is 0 Å². The van der Waals surface area contributed by atoms with Gasteiger partial charge in [0.15, 0.2) is 0 Å². The Morgan fingerprint density at radius 2 is 1.85 bits per heavy atom. The van der Waals surface area contributed by atoms with Crippen molar-refractivity contribution in [3.05, 3.63) is 65.0 Å². The van der Waals surface area contributed by atoms with Gasteiger partial charge in [0.2, 0.25) is 0 Å². The van der Waals surface area contributed by atoms with E-state index in [-0.39, 0.29) is 11.8 Å². The zero-order chi connectivity index (χ0) is 14.5. The molecule has 20 heavy (non-hydrogen) atoms. The van der Waals surface area contributed by atoms with Crippen LogP contribution in [0.1, 0.15) is 21.5 Å². The number of aryl methyl sites for hydroxylation is 1. The summed E-state index contributed by atoms with van der Waals surface area (Å²) in [5, 5.41) is 0. The standard InChI is InChI=1S/C16H15FO3/c1-11-9-14(7-8-15(11)17)20-10-12-3-5-13(6-4-12)16(18)19-2/h3-9H,10H2,1-2H3. The second kappa shape index (κ2) is 6.19. The van der Waals surface area contributed by atoms with Gasteiger partial charge in [-0.2, -0.15) is 0 Å². The number of esters is 1. The van der Waals surface area contributed by atoms with Gasteiger partial charge in [-0.05, 0) is 48.4 Å². The summed E-state index contributed by atoms with van der Waals surface area (Å²) in [6.45, 7) is 2.04. The average Bonchev–Trinajstić information content (AvgIpc) is 2.48. The first-order valence-corrected chi connectivity index (χ1v) is 6.16. The third-order valence-electron chi connectivity index (χ3n) is 2.91. The van der Waals surface area contributed by atoms with Crippen molar-refractivity contribution in [1.29, 1.82) is 0 Å². The fourth-order valence-electron chi connectivity index (χ4n) is 1.73. The van der Waals surface area contributed by atoms with Crippen LogP contribution in [-0.4, -0.2) is 13.1 Å². The number of carbonyl (C=O) groups excluding carboxylic acids is 1. The molecule has 4 heteroatoms. The molecule has 0 fully saturated rings. The molecule has 0 aliphatic rings. The summed E-state index contributed by atoms with van der Waals surface area (Å²) in [7, 11) is 1.34. The minimum absolute atomic E-state index is 0.250. The lowest BCUT2D eigenvalue weighted by atomic mass is 10.1. The van der Waals surface area contributed by atoms with Gasteiger partial charge in [0.1, 0.15) is 18.2 Å². The van der Waals surface area contributed by atoms with E-state index in [4.69, 9.17) is 4.74 Å². The van der Waals surface area contributed by atoms with Crippen LogP contribution >= 0.6 is 0 Å².